The molecule has 0 spiro atoms. The normalized spacial score (nSPS) is 12.4. The molecule has 0 radical (unpaired) electrons. The van der Waals surface area contributed by atoms with E-state index in [1.165, 1.54) is 0 Å². The summed E-state index contributed by atoms with van der Waals surface area (Å²) in [5.41, 5.74) is 5.50. The van der Waals surface area contributed by atoms with Crippen LogP contribution in [0, 0.1) is 5.92 Å². The molecule has 0 saturated carbocycles. The average molecular weight is 224 g/mol. The Morgan fingerprint density at radius 3 is 2.94 bits per heavy atom. The zero-order chi connectivity index (χ0) is 12.0. The van der Waals surface area contributed by atoms with Gasteiger partial charge in [0.2, 0.25) is 5.91 Å². The molecular weight excluding hydrogens is 204 g/mol. The van der Waals surface area contributed by atoms with Gasteiger partial charge in [-0.1, -0.05) is 6.92 Å². The lowest BCUT2D eigenvalue weighted by molar-refractivity contribution is -0.130. The van der Waals surface area contributed by atoms with Gasteiger partial charge in [-0.3, -0.25) is 4.79 Å². The zero-order valence-corrected chi connectivity index (χ0v) is 9.98. The van der Waals surface area contributed by atoms with E-state index in [4.69, 9.17) is 10.2 Å². The first-order valence-electron chi connectivity index (χ1n) is 5.60. The molecule has 1 rings (SSSR count). The molecule has 1 aromatic heterocycles. The van der Waals surface area contributed by atoms with Gasteiger partial charge in [-0.25, -0.2) is 0 Å². The Balaban J connectivity index is 2.31. The third kappa shape index (κ3) is 4.06. The third-order valence-electron chi connectivity index (χ3n) is 2.65. The molecule has 4 heteroatoms. The summed E-state index contributed by atoms with van der Waals surface area (Å²) in [6.07, 6.45) is 3.01. The Morgan fingerprint density at radius 2 is 2.38 bits per heavy atom. The van der Waals surface area contributed by atoms with Crippen LogP contribution in [-0.2, 0) is 11.3 Å². The van der Waals surface area contributed by atoms with Crippen LogP contribution in [0.3, 0.4) is 0 Å². The highest BCUT2D eigenvalue weighted by Crippen LogP contribution is 2.08. The van der Waals surface area contributed by atoms with Crippen LogP contribution in [0.2, 0.25) is 0 Å². The Bertz CT molecular complexity index is 309. The fourth-order valence-corrected chi connectivity index (χ4v) is 1.40. The SMILES string of the molecule is CC(CN)CCC(=O)N(C)Cc1ccco1. The van der Waals surface area contributed by atoms with Gasteiger partial charge in [0.25, 0.3) is 0 Å². The van der Waals surface area contributed by atoms with Gasteiger partial charge in [0.15, 0.2) is 0 Å². The largest absolute Gasteiger partial charge is 0.467 e. The topological polar surface area (TPSA) is 59.5 Å². The number of nitrogens with two attached hydrogens (primary N) is 1. The van der Waals surface area contributed by atoms with Crippen molar-refractivity contribution in [1.82, 2.24) is 4.90 Å². The van der Waals surface area contributed by atoms with E-state index in [2.05, 4.69) is 6.92 Å². The van der Waals surface area contributed by atoms with E-state index in [1.807, 2.05) is 12.1 Å². The van der Waals surface area contributed by atoms with Crippen molar-refractivity contribution in [3.63, 3.8) is 0 Å². The lowest BCUT2D eigenvalue weighted by Gasteiger charge is -2.16. The summed E-state index contributed by atoms with van der Waals surface area (Å²) in [5.74, 6) is 1.35. The zero-order valence-electron chi connectivity index (χ0n) is 9.98. The maximum atomic E-state index is 11.7. The first kappa shape index (κ1) is 12.8. The highest BCUT2D eigenvalue weighted by atomic mass is 16.3. The van der Waals surface area contributed by atoms with Crippen LogP contribution in [0.4, 0.5) is 0 Å². The second kappa shape index (κ2) is 6.33. The lowest BCUT2D eigenvalue weighted by Crippen LogP contribution is -2.26. The molecule has 2 N–H and O–H groups in total. The maximum absolute atomic E-state index is 11.7. The minimum absolute atomic E-state index is 0.136. The Labute approximate surface area is 96.4 Å². The van der Waals surface area contributed by atoms with Crippen molar-refractivity contribution in [1.29, 1.82) is 0 Å². The number of hydrogen-bond donors (Lipinski definition) is 1. The van der Waals surface area contributed by atoms with E-state index in [9.17, 15) is 4.79 Å². The molecule has 1 heterocycles. The number of carbonyl (C=O) groups excluding carboxylic acids is 1. The number of amides is 1. The minimum atomic E-state index is 0.136. The van der Waals surface area contributed by atoms with Gasteiger partial charge in [-0.2, -0.15) is 0 Å². The van der Waals surface area contributed by atoms with E-state index in [-0.39, 0.29) is 5.91 Å². The average Bonchev–Trinajstić information content (AvgIpc) is 2.77. The first-order valence-corrected chi connectivity index (χ1v) is 5.60. The van der Waals surface area contributed by atoms with Crippen molar-refractivity contribution in [3.05, 3.63) is 24.2 Å². The monoisotopic (exact) mass is 224 g/mol. The number of nitrogens with zero attached hydrogens (tertiary/aromatic N) is 1. The molecule has 4 nitrogen and oxygen atoms in total. The molecule has 0 aliphatic carbocycles. The first-order chi connectivity index (χ1) is 7.63. The summed E-state index contributed by atoms with van der Waals surface area (Å²) in [7, 11) is 1.79. The van der Waals surface area contributed by atoms with Crippen LogP contribution in [0.15, 0.2) is 22.8 Å². The second-order valence-corrected chi connectivity index (χ2v) is 4.21. The van der Waals surface area contributed by atoms with Crippen LogP contribution < -0.4 is 5.73 Å². The van der Waals surface area contributed by atoms with E-state index >= 15 is 0 Å². The second-order valence-electron chi connectivity index (χ2n) is 4.21. The molecule has 16 heavy (non-hydrogen) atoms. The van der Waals surface area contributed by atoms with E-state index in [0.29, 0.717) is 25.4 Å². The molecule has 0 fully saturated rings. The molecule has 0 aliphatic heterocycles. The summed E-state index contributed by atoms with van der Waals surface area (Å²) < 4.78 is 5.19. The molecule has 1 atom stereocenters. The van der Waals surface area contributed by atoms with Crippen LogP contribution >= 0.6 is 0 Å². The van der Waals surface area contributed by atoms with Crippen molar-refractivity contribution in [2.75, 3.05) is 13.6 Å². The Morgan fingerprint density at radius 1 is 1.62 bits per heavy atom. The molecule has 0 saturated heterocycles. The third-order valence-corrected chi connectivity index (χ3v) is 2.65. The quantitative estimate of drug-likeness (QED) is 0.798. The maximum Gasteiger partial charge on any atom is 0.222 e. The fraction of sp³-hybridized carbons (Fsp3) is 0.583. The summed E-state index contributed by atoms with van der Waals surface area (Å²) >= 11 is 0. The molecule has 1 amide bonds. The highest BCUT2D eigenvalue weighted by Gasteiger charge is 2.11. The molecule has 1 aromatic rings. The Kier molecular flexibility index (Phi) is 5.05. The number of carbonyl (C=O) groups is 1. The predicted octanol–water partition coefficient (Wildman–Crippen LogP) is 1.61. The number of hydrogen-bond acceptors (Lipinski definition) is 3. The molecule has 1 unspecified atom stereocenters. The molecule has 0 bridgehead atoms. The van der Waals surface area contributed by atoms with Gasteiger partial charge in [-0.05, 0) is 31.0 Å². The van der Waals surface area contributed by atoms with Gasteiger partial charge >= 0.3 is 0 Å². The van der Waals surface area contributed by atoms with Gasteiger partial charge < -0.3 is 15.1 Å². The van der Waals surface area contributed by atoms with Crippen molar-refractivity contribution >= 4 is 5.91 Å². The van der Waals surface area contributed by atoms with E-state index in [0.717, 1.165) is 12.2 Å². The van der Waals surface area contributed by atoms with E-state index < -0.39 is 0 Å². The molecule has 90 valence electrons. The number of rotatable bonds is 6. The van der Waals surface area contributed by atoms with Crippen LogP contribution in [0.1, 0.15) is 25.5 Å². The molecule has 0 aliphatic rings. The summed E-state index contributed by atoms with van der Waals surface area (Å²) in [4.78, 5) is 13.4. The highest BCUT2D eigenvalue weighted by molar-refractivity contribution is 5.75. The number of furan rings is 1. The lowest BCUT2D eigenvalue weighted by atomic mass is 10.1. The predicted molar refractivity (Wildman–Crippen MR) is 62.6 cm³/mol. The smallest absolute Gasteiger partial charge is 0.222 e. The fourth-order valence-electron chi connectivity index (χ4n) is 1.40. The van der Waals surface area contributed by atoms with Gasteiger partial charge in [0.05, 0.1) is 12.8 Å². The van der Waals surface area contributed by atoms with Crippen molar-refractivity contribution in [3.8, 4) is 0 Å². The Hall–Kier alpha value is -1.29. The van der Waals surface area contributed by atoms with Crippen molar-refractivity contribution < 1.29 is 9.21 Å². The van der Waals surface area contributed by atoms with E-state index in [1.54, 1.807) is 18.2 Å². The standard InChI is InChI=1S/C12H20N2O2/c1-10(8-13)5-6-12(15)14(2)9-11-4-3-7-16-11/h3-4,7,10H,5-6,8-9,13H2,1-2H3. The van der Waals surface area contributed by atoms with Crippen LogP contribution in [-0.4, -0.2) is 24.4 Å². The van der Waals surface area contributed by atoms with Gasteiger partial charge in [-0.15, -0.1) is 0 Å². The van der Waals surface area contributed by atoms with Gasteiger partial charge in [0, 0.05) is 13.5 Å². The van der Waals surface area contributed by atoms with Crippen LogP contribution in [0.5, 0.6) is 0 Å². The molecule has 0 aromatic carbocycles. The molecular formula is C12H20N2O2. The van der Waals surface area contributed by atoms with Gasteiger partial charge in [0.1, 0.15) is 5.76 Å². The van der Waals surface area contributed by atoms with Crippen molar-refractivity contribution in [2.45, 2.75) is 26.3 Å². The summed E-state index contributed by atoms with van der Waals surface area (Å²) in [5, 5.41) is 0. The summed E-state index contributed by atoms with van der Waals surface area (Å²) in [6, 6.07) is 3.69. The van der Waals surface area contributed by atoms with Crippen LogP contribution in [0.25, 0.3) is 0 Å². The van der Waals surface area contributed by atoms with Crippen molar-refractivity contribution in [2.24, 2.45) is 11.7 Å². The minimum Gasteiger partial charge on any atom is -0.467 e. The summed E-state index contributed by atoms with van der Waals surface area (Å²) in [6.45, 7) is 3.22.